The second kappa shape index (κ2) is 9.39. The van der Waals surface area contributed by atoms with Crippen molar-refractivity contribution in [2.45, 2.75) is 26.4 Å². The maximum Gasteiger partial charge on any atom is 0.253 e. The zero-order chi connectivity index (χ0) is 18.2. The number of benzene rings is 2. The van der Waals surface area contributed by atoms with Crippen LogP contribution in [0.25, 0.3) is 0 Å². The van der Waals surface area contributed by atoms with Crippen LogP contribution in [0.5, 0.6) is 5.75 Å². The standard InChI is InChI=1S/C22H27NO3/c1-2-26-21-12-10-20(11-13-21)22(24)23-14-6-9-19(15-23)17-25-16-18-7-4-3-5-8-18/h3-5,7-8,10-13,19H,2,6,9,14-17H2,1H3. The Kier molecular flexibility index (Phi) is 6.67. The molecule has 0 saturated carbocycles. The fourth-order valence-electron chi connectivity index (χ4n) is 3.35. The van der Waals surface area contributed by atoms with Gasteiger partial charge in [-0.15, -0.1) is 0 Å². The molecule has 1 fully saturated rings. The number of ether oxygens (including phenoxy) is 2. The predicted octanol–water partition coefficient (Wildman–Crippen LogP) is 4.15. The van der Waals surface area contributed by atoms with Gasteiger partial charge in [0.2, 0.25) is 0 Å². The van der Waals surface area contributed by atoms with Gasteiger partial charge >= 0.3 is 0 Å². The molecule has 4 nitrogen and oxygen atoms in total. The molecule has 1 heterocycles. The monoisotopic (exact) mass is 353 g/mol. The molecular weight excluding hydrogens is 326 g/mol. The van der Waals surface area contributed by atoms with Gasteiger partial charge in [-0.25, -0.2) is 0 Å². The van der Waals surface area contributed by atoms with Gasteiger partial charge in [0, 0.05) is 18.7 Å². The normalized spacial score (nSPS) is 17.1. The van der Waals surface area contributed by atoms with Crippen LogP contribution >= 0.6 is 0 Å². The fourth-order valence-corrected chi connectivity index (χ4v) is 3.35. The van der Waals surface area contributed by atoms with Gasteiger partial charge in [0.05, 0.1) is 19.8 Å². The highest BCUT2D eigenvalue weighted by molar-refractivity contribution is 5.94. The molecule has 1 amide bonds. The van der Waals surface area contributed by atoms with Crippen LogP contribution in [0, 0.1) is 5.92 Å². The molecule has 1 aliphatic rings. The Hall–Kier alpha value is -2.33. The molecule has 3 rings (SSSR count). The summed E-state index contributed by atoms with van der Waals surface area (Å²) in [5.74, 6) is 1.30. The van der Waals surface area contributed by atoms with E-state index < -0.39 is 0 Å². The first-order valence-corrected chi connectivity index (χ1v) is 9.40. The molecule has 4 heteroatoms. The van der Waals surface area contributed by atoms with Gasteiger partial charge in [0.1, 0.15) is 5.75 Å². The first-order chi connectivity index (χ1) is 12.8. The van der Waals surface area contributed by atoms with Crippen molar-refractivity contribution in [2.75, 3.05) is 26.3 Å². The Morgan fingerprint density at radius 1 is 1.12 bits per heavy atom. The molecular formula is C22H27NO3. The number of nitrogens with zero attached hydrogens (tertiary/aromatic N) is 1. The highest BCUT2D eigenvalue weighted by atomic mass is 16.5. The average Bonchev–Trinajstić information content (AvgIpc) is 2.69. The first kappa shape index (κ1) is 18.5. The van der Waals surface area contributed by atoms with Crippen LogP contribution in [0.4, 0.5) is 0 Å². The molecule has 0 N–H and O–H groups in total. The van der Waals surface area contributed by atoms with Gasteiger partial charge in [-0.2, -0.15) is 0 Å². The van der Waals surface area contributed by atoms with Crippen molar-refractivity contribution < 1.29 is 14.3 Å². The SMILES string of the molecule is CCOc1ccc(C(=O)N2CCCC(COCc3ccccc3)C2)cc1. The van der Waals surface area contributed by atoms with Crippen molar-refractivity contribution in [2.24, 2.45) is 5.92 Å². The number of piperidine rings is 1. The van der Waals surface area contributed by atoms with E-state index in [1.54, 1.807) is 0 Å². The molecule has 138 valence electrons. The summed E-state index contributed by atoms with van der Waals surface area (Å²) in [5.41, 5.74) is 1.91. The lowest BCUT2D eigenvalue weighted by Crippen LogP contribution is -2.41. The molecule has 0 spiro atoms. The van der Waals surface area contributed by atoms with E-state index in [2.05, 4.69) is 12.1 Å². The van der Waals surface area contributed by atoms with Crippen molar-refractivity contribution in [1.82, 2.24) is 4.90 Å². The highest BCUT2D eigenvalue weighted by Crippen LogP contribution is 2.20. The minimum atomic E-state index is 0.0980. The molecule has 0 aliphatic carbocycles. The minimum Gasteiger partial charge on any atom is -0.494 e. The lowest BCUT2D eigenvalue weighted by Gasteiger charge is -2.32. The maximum atomic E-state index is 12.8. The fraction of sp³-hybridized carbons (Fsp3) is 0.409. The highest BCUT2D eigenvalue weighted by Gasteiger charge is 2.24. The van der Waals surface area contributed by atoms with E-state index in [0.29, 0.717) is 25.7 Å². The van der Waals surface area contributed by atoms with E-state index in [4.69, 9.17) is 9.47 Å². The third-order valence-corrected chi connectivity index (χ3v) is 4.68. The molecule has 0 aromatic heterocycles. The van der Waals surface area contributed by atoms with Crippen LogP contribution in [0.1, 0.15) is 35.7 Å². The maximum absolute atomic E-state index is 12.8. The summed E-state index contributed by atoms with van der Waals surface area (Å²) >= 11 is 0. The largest absolute Gasteiger partial charge is 0.494 e. The number of likely N-dealkylation sites (tertiary alicyclic amines) is 1. The van der Waals surface area contributed by atoms with E-state index in [1.165, 1.54) is 5.56 Å². The molecule has 26 heavy (non-hydrogen) atoms. The zero-order valence-electron chi connectivity index (χ0n) is 15.4. The van der Waals surface area contributed by atoms with Gasteiger partial charge in [-0.05, 0) is 55.5 Å². The van der Waals surface area contributed by atoms with Gasteiger partial charge in [0.25, 0.3) is 5.91 Å². The van der Waals surface area contributed by atoms with Crippen molar-refractivity contribution in [3.05, 3.63) is 65.7 Å². The van der Waals surface area contributed by atoms with Crippen molar-refractivity contribution in [3.63, 3.8) is 0 Å². The Morgan fingerprint density at radius 3 is 2.62 bits per heavy atom. The molecule has 1 aliphatic heterocycles. The van der Waals surface area contributed by atoms with Gasteiger partial charge in [-0.3, -0.25) is 4.79 Å². The number of rotatable bonds is 7. The average molecular weight is 353 g/mol. The zero-order valence-corrected chi connectivity index (χ0v) is 15.4. The van der Waals surface area contributed by atoms with Crippen molar-refractivity contribution >= 4 is 5.91 Å². The van der Waals surface area contributed by atoms with Crippen LogP contribution in [-0.4, -0.2) is 37.1 Å². The lowest BCUT2D eigenvalue weighted by atomic mass is 9.98. The number of hydrogen-bond acceptors (Lipinski definition) is 3. The van der Waals surface area contributed by atoms with Gasteiger partial charge < -0.3 is 14.4 Å². The molecule has 0 bridgehead atoms. The summed E-state index contributed by atoms with van der Waals surface area (Å²) < 4.78 is 11.3. The number of hydrogen-bond donors (Lipinski definition) is 0. The molecule has 1 atom stereocenters. The number of carbonyl (C=O) groups excluding carboxylic acids is 1. The Labute approximate surface area is 155 Å². The van der Waals surface area contributed by atoms with Gasteiger partial charge in [-0.1, -0.05) is 30.3 Å². The Bertz CT molecular complexity index is 684. The Morgan fingerprint density at radius 2 is 1.88 bits per heavy atom. The van der Waals surface area contributed by atoms with E-state index in [9.17, 15) is 4.79 Å². The van der Waals surface area contributed by atoms with E-state index in [1.807, 2.05) is 54.3 Å². The van der Waals surface area contributed by atoms with Crippen LogP contribution in [0.15, 0.2) is 54.6 Å². The number of amides is 1. The summed E-state index contributed by atoms with van der Waals surface area (Å²) in [4.78, 5) is 14.7. The number of carbonyl (C=O) groups is 1. The van der Waals surface area contributed by atoms with Crippen molar-refractivity contribution in [3.8, 4) is 5.75 Å². The van der Waals surface area contributed by atoms with Crippen LogP contribution < -0.4 is 4.74 Å². The second-order valence-corrected chi connectivity index (χ2v) is 6.72. The summed E-state index contributed by atoms with van der Waals surface area (Å²) in [6.07, 6.45) is 2.14. The first-order valence-electron chi connectivity index (χ1n) is 9.40. The summed E-state index contributed by atoms with van der Waals surface area (Å²) in [6.45, 7) is 5.49. The van der Waals surface area contributed by atoms with E-state index in [0.717, 1.165) is 37.2 Å². The quantitative estimate of drug-likeness (QED) is 0.750. The Balaban J connectivity index is 1.50. The van der Waals surface area contributed by atoms with Crippen LogP contribution in [-0.2, 0) is 11.3 Å². The molecule has 0 radical (unpaired) electrons. The summed E-state index contributed by atoms with van der Waals surface area (Å²) in [7, 11) is 0. The van der Waals surface area contributed by atoms with Crippen LogP contribution in [0.3, 0.4) is 0 Å². The lowest BCUT2D eigenvalue weighted by molar-refractivity contribution is 0.0425. The molecule has 2 aromatic carbocycles. The minimum absolute atomic E-state index is 0.0980. The van der Waals surface area contributed by atoms with Gasteiger partial charge in [0.15, 0.2) is 0 Å². The third kappa shape index (κ3) is 5.09. The smallest absolute Gasteiger partial charge is 0.253 e. The third-order valence-electron chi connectivity index (χ3n) is 4.68. The summed E-state index contributed by atoms with van der Waals surface area (Å²) in [5, 5.41) is 0. The molecule has 1 unspecified atom stereocenters. The van der Waals surface area contributed by atoms with Crippen LogP contribution in [0.2, 0.25) is 0 Å². The second-order valence-electron chi connectivity index (χ2n) is 6.72. The molecule has 2 aromatic rings. The topological polar surface area (TPSA) is 38.8 Å². The summed E-state index contributed by atoms with van der Waals surface area (Å²) in [6, 6.07) is 17.6. The van der Waals surface area contributed by atoms with E-state index >= 15 is 0 Å². The van der Waals surface area contributed by atoms with Crippen molar-refractivity contribution in [1.29, 1.82) is 0 Å². The van der Waals surface area contributed by atoms with E-state index in [-0.39, 0.29) is 5.91 Å². The molecule has 1 saturated heterocycles. The predicted molar refractivity (Wildman–Crippen MR) is 102 cm³/mol.